The summed E-state index contributed by atoms with van der Waals surface area (Å²) in [5.74, 6) is -0.911. The molecule has 0 saturated carbocycles. The molecule has 0 atom stereocenters. The minimum Gasteiger partial charge on any atom is -0.318 e. The number of benzene rings is 1. The zero-order valence-electron chi connectivity index (χ0n) is 13.0. The number of aromatic nitrogens is 1. The van der Waals surface area contributed by atoms with Gasteiger partial charge < -0.3 is 5.32 Å². The first-order valence-corrected chi connectivity index (χ1v) is 7.71. The summed E-state index contributed by atoms with van der Waals surface area (Å²) in [5.41, 5.74) is 2.09. The lowest BCUT2D eigenvalue weighted by molar-refractivity contribution is 0.102. The summed E-state index contributed by atoms with van der Waals surface area (Å²) in [7, 11) is 0. The van der Waals surface area contributed by atoms with Crippen LogP contribution in [-0.2, 0) is 5.41 Å². The zero-order chi connectivity index (χ0) is 16.5. The molecule has 2 rings (SSSR count). The summed E-state index contributed by atoms with van der Waals surface area (Å²) in [5, 5.41) is 2.60. The molecule has 1 N–H and O–H groups in total. The molecular weight excluding hydrogens is 347 g/mol. The van der Waals surface area contributed by atoms with E-state index in [4.69, 9.17) is 0 Å². The van der Waals surface area contributed by atoms with Crippen molar-refractivity contribution in [2.45, 2.75) is 33.1 Å². The summed E-state index contributed by atoms with van der Waals surface area (Å²) in [6.45, 7) is 7.95. The Labute approximate surface area is 138 Å². The van der Waals surface area contributed by atoms with Crippen LogP contribution in [0.2, 0.25) is 0 Å². The van der Waals surface area contributed by atoms with Crippen LogP contribution in [-0.4, -0.2) is 10.9 Å². The summed E-state index contributed by atoms with van der Waals surface area (Å²) in [6.07, 6.45) is 1.56. The van der Waals surface area contributed by atoms with E-state index >= 15 is 0 Å². The lowest BCUT2D eigenvalue weighted by Gasteiger charge is -2.22. The molecule has 0 saturated heterocycles. The Hall–Kier alpha value is -1.75. The zero-order valence-corrected chi connectivity index (χ0v) is 14.6. The molecule has 1 heterocycles. The minimum absolute atomic E-state index is 0.154. The van der Waals surface area contributed by atoms with Crippen molar-refractivity contribution in [1.82, 2.24) is 4.98 Å². The van der Waals surface area contributed by atoms with Crippen LogP contribution in [0.15, 0.2) is 34.9 Å². The third-order valence-corrected chi connectivity index (χ3v) is 3.92. The van der Waals surface area contributed by atoms with Gasteiger partial charge in [0.2, 0.25) is 0 Å². The number of hydrogen-bond donors (Lipinski definition) is 1. The highest BCUT2D eigenvalue weighted by Crippen LogP contribution is 2.33. The second-order valence-corrected chi connectivity index (χ2v) is 7.09. The van der Waals surface area contributed by atoms with Gasteiger partial charge in [-0.05, 0) is 47.7 Å². The van der Waals surface area contributed by atoms with E-state index in [0.717, 1.165) is 11.1 Å². The van der Waals surface area contributed by atoms with Gasteiger partial charge in [0.25, 0.3) is 5.91 Å². The van der Waals surface area contributed by atoms with Gasteiger partial charge in [-0.25, -0.2) is 4.39 Å². The maximum Gasteiger partial charge on any atom is 0.274 e. The van der Waals surface area contributed by atoms with Crippen molar-refractivity contribution in [3.05, 3.63) is 57.6 Å². The number of halogens is 2. The highest BCUT2D eigenvalue weighted by molar-refractivity contribution is 9.10. The van der Waals surface area contributed by atoms with Gasteiger partial charge in [-0.2, -0.15) is 0 Å². The first-order valence-electron chi connectivity index (χ1n) is 6.92. The Kier molecular flexibility index (Phi) is 4.66. The standard InChI is InChI=1S/C17H18BrFN2O/c1-10-5-6-20-15(7-10)16(22)21-14-8-11(17(2,3)4)12(18)9-13(14)19/h5-9H,1-4H3,(H,21,22). The molecule has 0 aliphatic heterocycles. The monoisotopic (exact) mass is 364 g/mol. The predicted octanol–water partition coefficient (Wildman–Crippen LogP) is 4.84. The van der Waals surface area contributed by atoms with Crippen molar-refractivity contribution in [3.63, 3.8) is 0 Å². The number of nitrogens with one attached hydrogen (secondary N) is 1. The lowest BCUT2D eigenvalue weighted by Crippen LogP contribution is -2.17. The van der Waals surface area contributed by atoms with E-state index in [1.54, 1.807) is 24.4 Å². The normalized spacial score (nSPS) is 11.4. The first kappa shape index (κ1) is 16.6. The van der Waals surface area contributed by atoms with Crippen LogP contribution in [0.5, 0.6) is 0 Å². The van der Waals surface area contributed by atoms with Crippen molar-refractivity contribution in [1.29, 1.82) is 0 Å². The van der Waals surface area contributed by atoms with Gasteiger partial charge >= 0.3 is 0 Å². The molecule has 0 bridgehead atoms. The maximum atomic E-state index is 14.1. The highest BCUT2D eigenvalue weighted by Gasteiger charge is 2.21. The van der Waals surface area contributed by atoms with Gasteiger partial charge in [-0.1, -0.05) is 36.7 Å². The van der Waals surface area contributed by atoms with E-state index in [1.165, 1.54) is 6.07 Å². The van der Waals surface area contributed by atoms with E-state index in [0.29, 0.717) is 4.47 Å². The number of carbonyl (C=O) groups is 1. The van der Waals surface area contributed by atoms with Crippen molar-refractivity contribution in [2.75, 3.05) is 5.32 Å². The first-order chi connectivity index (χ1) is 10.2. The smallest absolute Gasteiger partial charge is 0.274 e. The van der Waals surface area contributed by atoms with E-state index in [9.17, 15) is 9.18 Å². The van der Waals surface area contributed by atoms with Crippen molar-refractivity contribution >= 4 is 27.5 Å². The number of hydrogen-bond acceptors (Lipinski definition) is 2. The number of amides is 1. The van der Waals surface area contributed by atoms with Gasteiger partial charge in [0.1, 0.15) is 11.5 Å². The predicted molar refractivity (Wildman–Crippen MR) is 89.7 cm³/mol. The number of pyridine rings is 1. The molecule has 0 aliphatic carbocycles. The highest BCUT2D eigenvalue weighted by atomic mass is 79.9. The number of aryl methyl sites for hydroxylation is 1. The number of nitrogens with zero attached hydrogens (tertiary/aromatic N) is 1. The minimum atomic E-state index is -0.485. The maximum absolute atomic E-state index is 14.1. The number of rotatable bonds is 2. The molecule has 2 aromatic rings. The van der Waals surface area contributed by atoms with Crippen LogP contribution in [0.4, 0.5) is 10.1 Å². The molecule has 0 unspecified atom stereocenters. The average Bonchev–Trinajstić information content (AvgIpc) is 2.40. The van der Waals surface area contributed by atoms with Crippen LogP contribution in [0.25, 0.3) is 0 Å². The fourth-order valence-electron chi connectivity index (χ4n) is 2.07. The largest absolute Gasteiger partial charge is 0.318 e. The summed E-state index contributed by atoms with van der Waals surface area (Å²) >= 11 is 3.37. The van der Waals surface area contributed by atoms with Gasteiger partial charge in [-0.3, -0.25) is 9.78 Å². The summed E-state index contributed by atoms with van der Waals surface area (Å²) < 4.78 is 14.8. The van der Waals surface area contributed by atoms with Gasteiger partial charge in [0, 0.05) is 10.7 Å². The number of carbonyl (C=O) groups excluding carboxylic acids is 1. The molecule has 0 fully saturated rings. The topological polar surface area (TPSA) is 42.0 Å². The molecule has 0 spiro atoms. The molecular formula is C17H18BrFN2O. The van der Waals surface area contributed by atoms with Crippen molar-refractivity contribution in [2.24, 2.45) is 0 Å². The molecule has 22 heavy (non-hydrogen) atoms. The van der Waals surface area contributed by atoms with Crippen LogP contribution in [0.3, 0.4) is 0 Å². The van der Waals surface area contributed by atoms with Gasteiger partial charge in [0.15, 0.2) is 0 Å². The fourth-order valence-corrected chi connectivity index (χ4v) is 2.98. The Bertz CT molecular complexity index is 723. The van der Waals surface area contributed by atoms with E-state index in [-0.39, 0.29) is 16.8 Å². The van der Waals surface area contributed by atoms with Crippen LogP contribution < -0.4 is 5.32 Å². The fraction of sp³-hybridized carbons (Fsp3) is 0.294. The molecule has 1 aromatic carbocycles. The second-order valence-electron chi connectivity index (χ2n) is 6.23. The van der Waals surface area contributed by atoms with Crippen LogP contribution >= 0.6 is 15.9 Å². The lowest BCUT2D eigenvalue weighted by atomic mass is 9.87. The molecule has 0 radical (unpaired) electrons. The molecule has 5 heteroatoms. The third-order valence-electron chi connectivity index (χ3n) is 3.26. The Balaban J connectivity index is 2.35. The van der Waals surface area contributed by atoms with Gasteiger partial charge in [-0.15, -0.1) is 0 Å². The molecule has 0 aliphatic rings. The van der Waals surface area contributed by atoms with E-state index in [2.05, 4.69) is 26.2 Å². The van der Waals surface area contributed by atoms with E-state index in [1.807, 2.05) is 27.7 Å². The van der Waals surface area contributed by atoms with Crippen molar-refractivity contribution in [3.8, 4) is 0 Å². The summed E-state index contributed by atoms with van der Waals surface area (Å²) in [6, 6.07) is 6.50. The van der Waals surface area contributed by atoms with Gasteiger partial charge in [0.05, 0.1) is 5.69 Å². The number of anilines is 1. The SMILES string of the molecule is Cc1ccnc(C(=O)Nc2cc(C(C)(C)C)c(Br)cc2F)c1. The van der Waals surface area contributed by atoms with E-state index < -0.39 is 11.7 Å². The Morgan fingerprint density at radius 2 is 1.95 bits per heavy atom. The third kappa shape index (κ3) is 3.71. The van der Waals surface area contributed by atoms with Crippen molar-refractivity contribution < 1.29 is 9.18 Å². The Morgan fingerprint density at radius 1 is 1.27 bits per heavy atom. The quantitative estimate of drug-likeness (QED) is 0.827. The molecule has 1 amide bonds. The molecule has 3 nitrogen and oxygen atoms in total. The second kappa shape index (κ2) is 6.16. The van der Waals surface area contributed by atoms with Crippen LogP contribution in [0, 0.1) is 12.7 Å². The molecule has 1 aromatic heterocycles. The molecule has 116 valence electrons. The van der Waals surface area contributed by atoms with Crippen LogP contribution in [0.1, 0.15) is 42.4 Å². The summed E-state index contributed by atoms with van der Waals surface area (Å²) in [4.78, 5) is 16.2. The Morgan fingerprint density at radius 3 is 2.55 bits per heavy atom. The average molecular weight is 365 g/mol.